The number of hydrogen-bond acceptors (Lipinski definition) is 5. The maximum absolute atomic E-state index is 13.0. The molecule has 0 aromatic carbocycles. The largest absolute Gasteiger partial charge is 0.368 e. The minimum absolute atomic E-state index is 0.0517. The Bertz CT molecular complexity index is 797. The number of carbonyl (C=O) groups is 1. The first-order valence-corrected chi connectivity index (χ1v) is 9.79. The number of ether oxygens (including phenoxy) is 1. The average molecular weight is 369 g/mol. The van der Waals surface area contributed by atoms with Crippen LogP contribution in [0.1, 0.15) is 55.0 Å². The number of amides is 1. The molecule has 2 saturated heterocycles. The van der Waals surface area contributed by atoms with Crippen molar-refractivity contribution in [1.82, 2.24) is 19.4 Å². The summed E-state index contributed by atoms with van der Waals surface area (Å²) in [7, 11) is 0. The molecule has 27 heavy (non-hydrogen) atoms. The molecule has 4 rings (SSSR count). The fraction of sp³-hybridized carbons (Fsp3) is 0.550. The van der Waals surface area contributed by atoms with E-state index >= 15 is 0 Å². The summed E-state index contributed by atoms with van der Waals surface area (Å²) >= 11 is 0. The van der Waals surface area contributed by atoms with E-state index in [1.165, 1.54) is 12.8 Å². The van der Waals surface area contributed by atoms with Gasteiger partial charge < -0.3 is 19.1 Å². The quantitative estimate of drug-likeness (QED) is 0.829. The van der Waals surface area contributed by atoms with Crippen molar-refractivity contribution in [1.29, 1.82) is 0 Å². The summed E-state index contributed by atoms with van der Waals surface area (Å²) < 4.78 is 7.96. The van der Waals surface area contributed by atoms with Crippen LogP contribution in [0.3, 0.4) is 0 Å². The number of nitrogens with zero attached hydrogens (tertiary/aromatic N) is 5. The molecule has 1 amide bonds. The van der Waals surface area contributed by atoms with Crippen molar-refractivity contribution in [3.8, 4) is 0 Å². The topological polar surface area (TPSA) is 63.5 Å². The number of rotatable bonds is 4. The van der Waals surface area contributed by atoms with Crippen LogP contribution >= 0.6 is 0 Å². The first-order chi connectivity index (χ1) is 13.1. The van der Waals surface area contributed by atoms with Gasteiger partial charge in [-0.1, -0.05) is 0 Å². The molecule has 7 nitrogen and oxygen atoms in total. The van der Waals surface area contributed by atoms with Crippen LogP contribution in [0.2, 0.25) is 0 Å². The first kappa shape index (κ1) is 18.0. The Kier molecular flexibility index (Phi) is 5.11. The second kappa shape index (κ2) is 7.68. The van der Waals surface area contributed by atoms with Gasteiger partial charge in [0.15, 0.2) is 0 Å². The van der Waals surface area contributed by atoms with E-state index in [0.29, 0.717) is 19.7 Å². The Morgan fingerprint density at radius 3 is 2.81 bits per heavy atom. The minimum atomic E-state index is -0.213. The van der Waals surface area contributed by atoms with Crippen molar-refractivity contribution in [3.63, 3.8) is 0 Å². The lowest BCUT2D eigenvalue weighted by Crippen LogP contribution is -2.43. The number of aromatic nitrogens is 3. The highest BCUT2D eigenvalue weighted by atomic mass is 16.5. The highest BCUT2D eigenvalue weighted by Gasteiger charge is 2.29. The van der Waals surface area contributed by atoms with Gasteiger partial charge in [0.05, 0.1) is 18.8 Å². The highest BCUT2D eigenvalue weighted by Crippen LogP contribution is 2.24. The van der Waals surface area contributed by atoms with Crippen LogP contribution in [0.25, 0.3) is 0 Å². The summed E-state index contributed by atoms with van der Waals surface area (Å²) in [4.78, 5) is 26.3. The Hall–Kier alpha value is -2.41. The lowest BCUT2D eigenvalue weighted by molar-refractivity contribution is -0.0251. The molecule has 2 aliphatic heterocycles. The Labute approximate surface area is 160 Å². The molecular weight excluding hydrogens is 342 g/mol. The molecule has 7 heteroatoms. The zero-order chi connectivity index (χ0) is 18.8. The minimum Gasteiger partial charge on any atom is -0.368 e. The summed E-state index contributed by atoms with van der Waals surface area (Å²) in [6.45, 7) is 7.81. The van der Waals surface area contributed by atoms with Gasteiger partial charge in [-0.15, -0.1) is 0 Å². The highest BCUT2D eigenvalue weighted by molar-refractivity contribution is 5.93. The maximum Gasteiger partial charge on any atom is 0.270 e. The molecule has 2 aromatic rings. The third kappa shape index (κ3) is 3.69. The number of hydrogen-bond donors (Lipinski definition) is 0. The van der Waals surface area contributed by atoms with Gasteiger partial charge in [-0.05, 0) is 44.9 Å². The van der Waals surface area contributed by atoms with Crippen LogP contribution in [-0.2, 0) is 4.74 Å². The lowest BCUT2D eigenvalue weighted by atomic mass is 10.2. The second-order valence-electron chi connectivity index (χ2n) is 7.48. The molecule has 0 spiro atoms. The molecule has 1 atom stereocenters. The molecular formula is C20H27N5O2. The number of morpholine rings is 1. The van der Waals surface area contributed by atoms with E-state index in [4.69, 9.17) is 9.72 Å². The lowest BCUT2D eigenvalue weighted by Gasteiger charge is -2.33. The first-order valence-electron chi connectivity index (χ1n) is 9.79. The van der Waals surface area contributed by atoms with E-state index < -0.39 is 0 Å². The van der Waals surface area contributed by atoms with Crippen molar-refractivity contribution in [3.05, 3.63) is 42.0 Å². The fourth-order valence-corrected chi connectivity index (χ4v) is 3.81. The van der Waals surface area contributed by atoms with Crippen LogP contribution < -0.4 is 4.90 Å². The van der Waals surface area contributed by atoms with E-state index in [2.05, 4.69) is 23.7 Å². The van der Waals surface area contributed by atoms with Gasteiger partial charge in [0.25, 0.3) is 5.91 Å². The van der Waals surface area contributed by atoms with Crippen molar-refractivity contribution < 1.29 is 9.53 Å². The predicted octanol–water partition coefficient (Wildman–Crippen LogP) is 2.67. The fourth-order valence-electron chi connectivity index (χ4n) is 3.81. The van der Waals surface area contributed by atoms with Crippen molar-refractivity contribution in [2.24, 2.45) is 0 Å². The van der Waals surface area contributed by atoms with E-state index in [-0.39, 0.29) is 18.1 Å². The Balaban J connectivity index is 1.50. The molecule has 4 heterocycles. The number of carbonyl (C=O) groups excluding carboxylic acids is 1. The van der Waals surface area contributed by atoms with Crippen molar-refractivity contribution in [2.75, 3.05) is 37.7 Å². The molecule has 2 fully saturated rings. The third-order valence-electron chi connectivity index (χ3n) is 5.29. The molecule has 0 saturated carbocycles. The van der Waals surface area contributed by atoms with Crippen LogP contribution in [0.5, 0.6) is 0 Å². The smallest absolute Gasteiger partial charge is 0.270 e. The summed E-state index contributed by atoms with van der Waals surface area (Å²) in [5.74, 6) is 0.821. The molecule has 0 aliphatic carbocycles. The molecule has 0 radical (unpaired) electrons. The monoisotopic (exact) mass is 369 g/mol. The van der Waals surface area contributed by atoms with E-state index in [1.54, 1.807) is 6.20 Å². The van der Waals surface area contributed by atoms with Gasteiger partial charge in [-0.2, -0.15) is 0 Å². The standard InChI is InChI=1S/C20H27N5O2/c1-15(2)25-11-5-6-17(25)19(26)24-12-13-27-18(14-24)16-7-8-21-20(22-16)23-9-3-4-10-23/h5-8,11,15,18H,3-4,9-10,12-14H2,1-2H3/t18-/m1/s1. The molecule has 0 N–H and O–H groups in total. The zero-order valence-electron chi connectivity index (χ0n) is 16.0. The normalized spacial score (nSPS) is 20.5. The van der Waals surface area contributed by atoms with E-state index in [0.717, 1.165) is 30.4 Å². The van der Waals surface area contributed by atoms with Crippen molar-refractivity contribution >= 4 is 11.9 Å². The van der Waals surface area contributed by atoms with Crippen LogP contribution in [0, 0.1) is 0 Å². The molecule has 0 bridgehead atoms. The third-order valence-corrected chi connectivity index (χ3v) is 5.29. The zero-order valence-corrected chi connectivity index (χ0v) is 16.0. The average Bonchev–Trinajstić information content (AvgIpc) is 3.39. The van der Waals surface area contributed by atoms with Crippen molar-refractivity contribution in [2.45, 2.75) is 38.8 Å². The SMILES string of the molecule is CC(C)n1cccc1C(=O)N1CCO[C@@H](c2ccnc(N3CCCC3)n2)C1. The Morgan fingerprint density at radius 1 is 1.22 bits per heavy atom. The Morgan fingerprint density at radius 2 is 2.04 bits per heavy atom. The summed E-state index contributed by atoms with van der Waals surface area (Å²) in [6.07, 6.45) is 5.91. The number of anilines is 1. The van der Waals surface area contributed by atoms with E-state index in [9.17, 15) is 4.79 Å². The van der Waals surface area contributed by atoms with Gasteiger partial charge in [-0.3, -0.25) is 4.79 Å². The summed E-state index contributed by atoms with van der Waals surface area (Å²) in [6, 6.07) is 5.97. The second-order valence-corrected chi connectivity index (χ2v) is 7.48. The van der Waals surface area contributed by atoms with E-state index in [1.807, 2.05) is 33.9 Å². The summed E-state index contributed by atoms with van der Waals surface area (Å²) in [5.41, 5.74) is 1.58. The molecule has 2 aliphatic rings. The molecule has 0 unspecified atom stereocenters. The maximum atomic E-state index is 13.0. The molecule has 2 aromatic heterocycles. The summed E-state index contributed by atoms with van der Waals surface area (Å²) in [5, 5.41) is 0. The van der Waals surface area contributed by atoms with Gasteiger partial charge >= 0.3 is 0 Å². The van der Waals surface area contributed by atoms with Crippen LogP contribution in [-0.4, -0.2) is 58.1 Å². The van der Waals surface area contributed by atoms with Crippen LogP contribution in [0.4, 0.5) is 5.95 Å². The van der Waals surface area contributed by atoms with Gasteiger partial charge in [0, 0.05) is 38.1 Å². The van der Waals surface area contributed by atoms with Gasteiger partial charge in [0.1, 0.15) is 11.8 Å². The van der Waals surface area contributed by atoms with Crippen LogP contribution in [0.15, 0.2) is 30.6 Å². The molecule has 144 valence electrons. The van der Waals surface area contributed by atoms with Gasteiger partial charge in [-0.25, -0.2) is 9.97 Å². The predicted molar refractivity (Wildman–Crippen MR) is 103 cm³/mol. The van der Waals surface area contributed by atoms with Gasteiger partial charge in [0.2, 0.25) is 5.95 Å².